The zero-order chi connectivity index (χ0) is 6.57. The van der Waals surface area contributed by atoms with Crippen LogP contribution in [0.5, 0.6) is 0 Å². The van der Waals surface area contributed by atoms with E-state index in [1.165, 1.54) is 6.92 Å². The molecule has 0 heterocycles. The van der Waals surface area contributed by atoms with Crippen molar-refractivity contribution in [2.45, 2.75) is 25.9 Å². The van der Waals surface area contributed by atoms with Gasteiger partial charge in [0.25, 0.3) is 0 Å². The first-order chi connectivity index (χ1) is 3.63. The molecule has 2 nitrogen and oxygen atoms in total. The fourth-order valence-corrected chi connectivity index (χ4v) is 0.322. The highest BCUT2D eigenvalue weighted by molar-refractivity contribution is 5.66. The normalized spacial score (nSPS) is 13.2. The van der Waals surface area contributed by atoms with Crippen LogP contribution in [0.25, 0.3) is 0 Å². The summed E-state index contributed by atoms with van der Waals surface area (Å²) in [6.07, 6.45) is -0.946. The van der Waals surface area contributed by atoms with Crippen LogP contribution in [-0.4, -0.2) is 17.2 Å². The lowest BCUT2D eigenvalue weighted by molar-refractivity contribution is -0.137. The van der Waals surface area contributed by atoms with Crippen LogP contribution < -0.4 is 0 Å². The molecule has 0 aromatic heterocycles. The van der Waals surface area contributed by atoms with Gasteiger partial charge in [0.05, 0.1) is 6.17 Å². The number of aliphatic carboxylic acids is 1. The Balaban J connectivity index is 3.05. The molecule has 3 heteroatoms. The van der Waals surface area contributed by atoms with Crippen LogP contribution in [-0.2, 0) is 4.79 Å². The topological polar surface area (TPSA) is 37.3 Å². The first-order valence-electron chi connectivity index (χ1n) is 2.49. The van der Waals surface area contributed by atoms with Crippen molar-refractivity contribution in [3.05, 3.63) is 0 Å². The summed E-state index contributed by atoms with van der Waals surface area (Å²) < 4.78 is 11.8. The molecule has 0 aliphatic carbocycles. The SMILES string of the molecule is CC(F)CCC(=O)O. The molecule has 0 saturated carbocycles. The number of carboxylic acid groups (broad SMARTS) is 1. The first-order valence-corrected chi connectivity index (χ1v) is 2.49. The lowest BCUT2D eigenvalue weighted by Gasteiger charge is -1.94. The minimum Gasteiger partial charge on any atom is -0.481 e. The second-order valence-corrected chi connectivity index (χ2v) is 1.71. The van der Waals surface area contributed by atoms with Crippen molar-refractivity contribution in [3.8, 4) is 0 Å². The number of carboxylic acids is 1. The molecular weight excluding hydrogens is 111 g/mol. The third kappa shape index (κ3) is 5.40. The number of carbonyl (C=O) groups is 1. The van der Waals surface area contributed by atoms with Crippen molar-refractivity contribution in [2.24, 2.45) is 0 Å². The Bertz CT molecular complexity index is 80.5. The number of halogens is 1. The summed E-state index contributed by atoms with van der Waals surface area (Å²) in [6.45, 7) is 1.35. The van der Waals surface area contributed by atoms with E-state index in [2.05, 4.69) is 0 Å². The minimum atomic E-state index is -0.994. The molecule has 0 aliphatic rings. The Labute approximate surface area is 47.3 Å². The summed E-state index contributed by atoms with van der Waals surface area (Å²) >= 11 is 0. The molecule has 0 bridgehead atoms. The Morgan fingerprint density at radius 1 is 1.88 bits per heavy atom. The highest BCUT2D eigenvalue weighted by atomic mass is 19.1. The molecule has 0 spiro atoms. The third-order valence-corrected chi connectivity index (χ3v) is 0.756. The van der Waals surface area contributed by atoms with Gasteiger partial charge in [-0.15, -0.1) is 0 Å². The van der Waals surface area contributed by atoms with Gasteiger partial charge in [-0.05, 0) is 13.3 Å². The van der Waals surface area contributed by atoms with Gasteiger partial charge < -0.3 is 5.11 Å². The minimum absolute atomic E-state index is 0.0718. The molecule has 0 aromatic rings. The Morgan fingerprint density at radius 3 is 2.50 bits per heavy atom. The number of hydrogen-bond acceptors (Lipinski definition) is 1. The summed E-state index contributed by atoms with van der Waals surface area (Å²) in [5.41, 5.74) is 0. The van der Waals surface area contributed by atoms with E-state index >= 15 is 0 Å². The molecule has 8 heavy (non-hydrogen) atoms. The monoisotopic (exact) mass is 120 g/mol. The average molecular weight is 120 g/mol. The third-order valence-electron chi connectivity index (χ3n) is 0.756. The van der Waals surface area contributed by atoms with Gasteiger partial charge in [-0.3, -0.25) is 4.79 Å². The molecule has 0 aromatic carbocycles. The summed E-state index contributed by atoms with van der Waals surface area (Å²) in [5, 5.41) is 8.00. The van der Waals surface area contributed by atoms with Gasteiger partial charge in [-0.25, -0.2) is 4.39 Å². The van der Waals surface area contributed by atoms with E-state index in [9.17, 15) is 9.18 Å². The van der Waals surface area contributed by atoms with Crippen LogP contribution in [0.2, 0.25) is 0 Å². The van der Waals surface area contributed by atoms with Crippen molar-refractivity contribution in [1.29, 1.82) is 0 Å². The Hall–Kier alpha value is -0.600. The largest absolute Gasteiger partial charge is 0.481 e. The predicted molar refractivity (Wildman–Crippen MR) is 27.4 cm³/mol. The van der Waals surface area contributed by atoms with Gasteiger partial charge in [-0.1, -0.05) is 0 Å². The zero-order valence-corrected chi connectivity index (χ0v) is 4.72. The van der Waals surface area contributed by atoms with Crippen molar-refractivity contribution >= 4 is 5.97 Å². The van der Waals surface area contributed by atoms with E-state index in [-0.39, 0.29) is 12.8 Å². The van der Waals surface area contributed by atoms with Gasteiger partial charge in [0, 0.05) is 6.42 Å². The van der Waals surface area contributed by atoms with Crippen LogP contribution in [0.15, 0.2) is 0 Å². The predicted octanol–water partition coefficient (Wildman–Crippen LogP) is 1.21. The molecule has 1 N–H and O–H groups in total. The molecule has 0 rings (SSSR count). The number of alkyl halides is 1. The molecular formula is C5H9FO2. The summed E-state index contributed by atoms with van der Waals surface area (Å²) in [4.78, 5) is 9.74. The highest BCUT2D eigenvalue weighted by Crippen LogP contribution is 1.98. The van der Waals surface area contributed by atoms with E-state index in [4.69, 9.17) is 5.11 Å². The van der Waals surface area contributed by atoms with Crippen LogP contribution in [0.4, 0.5) is 4.39 Å². The lowest BCUT2D eigenvalue weighted by Crippen LogP contribution is -1.99. The second-order valence-electron chi connectivity index (χ2n) is 1.71. The van der Waals surface area contributed by atoms with Crippen LogP contribution in [0.1, 0.15) is 19.8 Å². The summed E-state index contributed by atoms with van der Waals surface area (Å²) in [7, 11) is 0. The Kier molecular flexibility index (Phi) is 3.15. The molecule has 48 valence electrons. The molecule has 0 amide bonds. The fourth-order valence-electron chi connectivity index (χ4n) is 0.322. The molecule has 0 aliphatic heterocycles. The molecule has 0 fully saturated rings. The standard InChI is InChI=1S/C5H9FO2/c1-4(6)2-3-5(7)8/h4H,2-3H2,1H3,(H,7,8). The van der Waals surface area contributed by atoms with Crippen LogP contribution in [0, 0.1) is 0 Å². The molecule has 1 atom stereocenters. The van der Waals surface area contributed by atoms with E-state index in [0.717, 1.165) is 0 Å². The van der Waals surface area contributed by atoms with Gasteiger partial charge in [0.15, 0.2) is 0 Å². The van der Waals surface area contributed by atoms with Crippen molar-refractivity contribution in [1.82, 2.24) is 0 Å². The summed E-state index contributed by atoms with van der Waals surface area (Å²) in [5.74, 6) is -0.936. The first kappa shape index (κ1) is 7.40. The van der Waals surface area contributed by atoms with E-state index in [1.54, 1.807) is 0 Å². The van der Waals surface area contributed by atoms with E-state index < -0.39 is 12.1 Å². The number of hydrogen-bond donors (Lipinski definition) is 1. The van der Waals surface area contributed by atoms with Crippen molar-refractivity contribution in [2.75, 3.05) is 0 Å². The molecule has 0 radical (unpaired) electrons. The highest BCUT2D eigenvalue weighted by Gasteiger charge is 2.00. The molecule has 0 saturated heterocycles. The number of rotatable bonds is 3. The fraction of sp³-hybridized carbons (Fsp3) is 0.800. The zero-order valence-electron chi connectivity index (χ0n) is 4.72. The van der Waals surface area contributed by atoms with Gasteiger partial charge in [-0.2, -0.15) is 0 Å². The maximum absolute atomic E-state index is 11.8. The summed E-state index contributed by atoms with van der Waals surface area (Å²) in [6, 6.07) is 0. The average Bonchev–Trinajstić information content (AvgIpc) is 1.61. The molecule has 1 unspecified atom stereocenters. The maximum Gasteiger partial charge on any atom is 0.303 e. The van der Waals surface area contributed by atoms with Crippen molar-refractivity contribution in [3.63, 3.8) is 0 Å². The van der Waals surface area contributed by atoms with Crippen molar-refractivity contribution < 1.29 is 14.3 Å². The maximum atomic E-state index is 11.8. The van der Waals surface area contributed by atoms with E-state index in [0.29, 0.717) is 0 Å². The van der Waals surface area contributed by atoms with E-state index in [1.807, 2.05) is 0 Å². The second kappa shape index (κ2) is 3.41. The quantitative estimate of drug-likeness (QED) is 0.607. The van der Waals surface area contributed by atoms with Crippen LogP contribution >= 0.6 is 0 Å². The smallest absolute Gasteiger partial charge is 0.303 e. The van der Waals surface area contributed by atoms with Gasteiger partial charge >= 0.3 is 5.97 Å². The lowest BCUT2D eigenvalue weighted by atomic mass is 10.2. The van der Waals surface area contributed by atoms with Gasteiger partial charge in [0.1, 0.15) is 0 Å². The Morgan fingerprint density at radius 2 is 2.38 bits per heavy atom. The van der Waals surface area contributed by atoms with Crippen LogP contribution in [0.3, 0.4) is 0 Å². The van der Waals surface area contributed by atoms with Gasteiger partial charge in [0.2, 0.25) is 0 Å².